The number of hydrogen-bond acceptors (Lipinski definition) is 4. The van der Waals surface area contributed by atoms with E-state index in [2.05, 4.69) is 27.0 Å². The SMILES string of the molecule is O=C(Nc1cc(-c2c(-c3ccc(F)cc3)nc3n2CCS3)ccn1)C1CC1c1ccccc1. The maximum Gasteiger partial charge on any atom is 0.229 e. The van der Waals surface area contributed by atoms with Crippen LogP contribution in [0.1, 0.15) is 17.9 Å². The van der Waals surface area contributed by atoms with Crippen LogP contribution >= 0.6 is 11.8 Å². The number of hydrogen-bond donors (Lipinski definition) is 1. The van der Waals surface area contributed by atoms with Crippen LogP contribution in [0.2, 0.25) is 0 Å². The Labute approximate surface area is 195 Å². The molecule has 2 aromatic heterocycles. The molecule has 1 amide bonds. The number of fused-ring (bicyclic) bond motifs is 1. The number of thioether (sulfide) groups is 1. The van der Waals surface area contributed by atoms with Crippen molar-refractivity contribution in [3.05, 3.63) is 84.3 Å². The zero-order chi connectivity index (χ0) is 22.4. The van der Waals surface area contributed by atoms with Gasteiger partial charge in [-0.25, -0.2) is 14.4 Å². The van der Waals surface area contributed by atoms with E-state index in [9.17, 15) is 9.18 Å². The summed E-state index contributed by atoms with van der Waals surface area (Å²) in [5, 5.41) is 3.96. The smallest absolute Gasteiger partial charge is 0.229 e. The van der Waals surface area contributed by atoms with Crippen molar-refractivity contribution in [1.29, 1.82) is 0 Å². The number of halogens is 1. The minimum Gasteiger partial charge on any atom is -0.318 e. The van der Waals surface area contributed by atoms with E-state index in [0.29, 0.717) is 5.82 Å². The summed E-state index contributed by atoms with van der Waals surface area (Å²) >= 11 is 1.71. The molecule has 5 nitrogen and oxygen atoms in total. The van der Waals surface area contributed by atoms with Gasteiger partial charge in [0.1, 0.15) is 11.6 Å². The number of imidazole rings is 1. The average Bonchev–Trinajstić information content (AvgIpc) is 3.39. The molecule has 6 rings (SSSR count). The van der Waals surface area contributed by atoms with Crippen LogP contribution in [0.3, 0.4) is 0 Å². The highest BCUT2D eigenvalue weighted by atomic mass is 32.2. The van der Waals surface area contributed by atoms with Gasteiger partial charge >= 0.3 is 0 Å². The maximum absolute atomic E-state index is 13.5. The summed E-state index contributed by atoms with van der Waals surface area (Å²) in [7, 11) is 0. The molecule has 0 radical (unpaired) electrons. The van der Waals surface area contributed by atoms with Gasteiger partial charge in [0.15, 0.2) is 5.16 Å². The van der Waals surface area contributed by atoms with E-state index in [0.717, 1.165) is 46.4 Å². The Hall–Kier alpha value is -3.45. The summed E-state index contributed by atoms with van der Waals surface area (Å²) in [6.45, 7) is 0.856. The fraction of sp³-hybridized carbons (Fsp3) is 0.192. The van der Waals surface area contributed by atoms with Gasteiger partial charge in [0.2, 0.25) is 5.91 Å². The molecule has 33 heavy (non-hydrogen) atoms. The predicted octanol–water partition coefficient (Wildman–Crippen LogP) is 5.60. The van der Waals surface area contributed by atoms with Crippen molar-refractivity contribution in [2.45, 2.75) is 24.0 Å². The third-order valence-electron chi connectivity index (χ3n) is 6.24. The van der Waals surface area contributed by atoms with Crippen LogP contribution in [0.4, 0.5) is 10.2 Å². The molecule has 3 heterocycles. The average molecular weight is 457 g/mol. The van der Waals surface area contributed by atoms with Gasteiger partial charge in [0, 0.05) is 35.5 Å². The van der Waals surface area contributed by atoms with Gasteiger partial charge in [0.05, 0.1) is 11.4 Å². The van der Waals surface area contributed by atoms with E-state index >= 15 is 0 Å². The van der Waals surface area contributed by atoms with Crippen LogP contribution in [0, 0.1) is 11.7 Å². The molecule has 0 spiro atoms. The highest BCUT2D eigenvalue weighted by Crippen LogP contribution is 2.48. The summed E-state index contributed by atoms with van der Waals surface area (Å²) in [5.41, 5.74) is 4.77. The topological polar surface area (TPSA) is 59.8 Å². The molecule has 1 N–H and O–H groups in total. The van der Waals surface area contributed by atoms with Crippen molar-refractivity contribution < 1.29 is 9.18 Å². The van der Waals surface area contributed by atoms with Gasteiger partial charge in [-0.05, 0) is 54.3 Å². The first-order valence-electron chi connectivity index (χ1n) is 11.0. The minimum absolute atomic E-state index is 0.00123. The lowest BCUT2D eigenvalue weighted by Crippen LogP contribution is -2.15. The second-order valence-corrected chi connectivity index (χ2v) is 9.44. The van der Waals surface area contributed by atoms with E-state index in [1.165, 1.54) is 17.7 Å². The zero-order valence-electron chi connectivity index (χ0n) is 17.7. The van der Waals surface area contributed by atoms with Gasteiger partial charge in [0.25, 0.3) is 0 Å². The summed E-state index contributed by atoms with van der Waals surface area (Å²) in [6.07, 6.45) is 2.57. The van der Waals surface area contributed by atoms with Crippen LogP contribution in [0.5, 0.6) is 0 Å². The molecule has 1 aliphatic heterocycles. The maximum atomic E-state index is 13.5. The summed E-state index contributed by atoms with van der Waals surface area (Å²) in [6, 6.07) is 20.4. The number of aromatic nitrogens is 3. The van der Waals surface area contributed by atoms with Gasteiger partial charge in [-0.3, -0.25) is 4.79 Å². The number of anilines is 1. The molecule has 7 heteroatoms. The minimum atomic E-state index is -0.274. The Morgan fingerprint density at radius 3 is 2.70 bits per heavy atom. The number of carbonyl (C=O) groups is 1. The Balaban J connectivity index is 1.29. The molecule has 2 unspecified atom stereocenters. The normalized spacial score (nSPS) is 18.7. The van der Waals surface area contributed by atoms with Gasteiger partial charge in [-0.2, -0.15) is 0 Å². The standard InChI is InChI=1S/C26H21FN4OS/c27-19-8-6-17(7-9-19)23-24(31-12-13-33-26(31)30-23)18-10-11-28-22(14-18)29-25(32)21-15-20(21)16-4-2-1-3-5-16/h1-11,14,20-21H,12-13,15H2,(H,28,29,32). The molecule has 0 bridgehead atoms. The van der Waals surface area contributed by atoms with Gasteiger partial charge in [-0.1, -0.05) is 42.1 Å². The first-order chi connectivity index (χ1) is 16.2. The lowest BCUT2D eigenvalue weighted by Gasteiger charge is -2.10. The van der Waals surface area contributed by atoms with E-state index in [-0.39, 0.29) is 23.6 Å². The largest absolute Gasteiger partial charge is 0.318 e. The number of rotatable bonds is 5. The molecule has 1 fully saturated rings. The van der Waals surface area contributed by atoms with Gasteiger partial charge < -0.3 is 9.88 Å². The van der Waals surface area contributed by atoms with Crippen LogP contribution in [-0.4, -0.2) is 26.2 Å². The zero-order valence-corrected chi connectivity index (χ0v) is 18.6. The Bertz CT molecular complexity index is 1340. The van der Waals surface area contributed by atoms with Crippen LogP contribution < -0.4 is 5.32 Å². The number of carbonyl (C=O) groups excluding carboxylic acids is 1. The van der Waals surface area contributed by atoms with Crippen LogP contribution in [0.15, 0.2) is 78.1 Å². The van der Waals surface area contributed by atoms with Crippen molar-refractivity contribution in [1.82, 2.24) is 14.5 Å². The first kappa shape index (κ1) is 20.2. The highest BCUT2D eigenvalue weighted by Gasteiger charge is 2.44. The van der Waals surface area contributed by atoms with Crippen LogP contribution in [-0.2, 0) is 11.3 Å². The second-order valence-electron chi connectivity index (χ2n) is 8.38. The van der Waals surface area contributed by atoms with E-state index in [4.69, 9.17) is 4.98 Å². The molecule has 164 valence electrons. The van der Waals surface area contributed by atoms with Crippen molar-refractivity contribution >= 4 is 23.5 Å². The number of amides is 1. The molecule has 0 saturated heterocycles. The predicted molar refractivity (Wildman–Crippen MR) is 127 cm³/mol. The fourth-order valence-electron chi connectivity index (χ4n) is 4.50. The Kier molecular flexibility index (Phi) is 4.99. The second kappa shape index (κ2) is 8.15. The monoisotopic (exact) mass is 456 g/mol. The number of nitrogens with one attached hydrogen (secondary N) is 1. The van der Waals surface area contributed by atoms with Crippen molar-refractivity contribution in [2.75, 3.05) is 11.1 Å². The molecule has 1 saturated carbocycles. The quantitative estimate of drug-likeness (QED) is 0.425. The molecular weight excluding hydrogens is 435 g/mol. The summed E-state index contributed by atoms with van der Waals surface area (Å²) in [5.74, 6) is 1.47. The summed E-state index contributed by atoms with van der Waals surface area (Å²) < 4.78 is 15.7. The fourth-order valence-corrected chi connectivity index (χ4v) is 5.45. The first-order valence-corrected chi connectivity index (χ1v) is 12.0. The number of benzene rings is 2. The van der Waals surface area contributed by atoms with E-state index in [1.54, 1.807) is 30.1 Å². The lowest BCUT2D eigenvalue weighted by molar-refractivity contribution is -0.117. The Morgan fingerprint density at radius 1 is 1.06 bits per heavy atom. The molecule has 2 atom stereocenters. The third kappa shape index (κ3) is 3.82. The molecule has 2 aliphatic rings. The Morgan fingerprint density at radius 2 is 1.88 bits per heavy atom. The van der Waals surface area contributed by atoms with E-state index in [1.807, 2.05) is 30.3 Å². The lowest BCUT2D eigenvalue weighted by atomic mass is 10.1. The van der Waals surface area contributed by atoms with E-state index < -0.39 is 0 Å². The molecule has 1 aliphatic carbocycles. The number of pyridine rings is 1. The third-order valence-corrected chi connectivity index (χ3v) is 7.19. The van der Waals surface area contributed by atoms with Crippen molar-refractivity contribution in [2.24, 2.45) is 5.92 Å². The van der Waals surface area contributed by atoms with Crippen LogP contribution in [0.25, 0.3) is 22.5 Å². The van der Waals surface area contributed by atoms with Crippen molar-refractivity contribution in [3.63, 3.8) is 0 Å². The molecule has 4 aromatic rings. The van der Waals surface area contributed by atoms with Gasteiger partial charge in [-0.15, -0.1) is 0 Å². The number of nitrogens with zero attached hydrogens (tertiary/aromatic N) is 3. The van der Waals surface area contributed by atoms with Crippen molar-refractivity contribution in [3.8, 4) is 22.5 Å². The highest BCUT2D eigenvalue weighted by molar-refractivity contribution is 7.99. The molecule has 2 aromatic carbocycles. The molecular formula is C26H21FN4OS. The summed E-state index contributed by atoms with van der Waals surface area (Å²) in [4.78, 5) is 22.1.